The van der Waals surface area contributed by atoms with Crippen LogP contribution in [0.5, 0.6) is 11.5 Å². The molecule has 0 unspecified atom stereocenters. The summed E-state index contributed by atoms with van der Waals surface area (Å²) in [6.07, 6.45) is 0.458. The van der Waals surface area contributed by atoms with Crippen molar-refractivity contribution in [3.8, 4) is 22.8 Å². The van der Waals surface area contributed by atoms with Crippen LogP contribution >= 0.6 is 0 Å². The van der Waals surface area contributed by atoms with E-state index in [1.54, 1.807) is 7.11 Å². The average molecular weight is 419 g/mol. The third-order valence-electron chi connectivity index (χ3n) is 5.26. The Morgan fingerprint density at radius 1 is 1.06 bits per heavy atom. The highest BCUT2D eigenvalue weighted by Gasteiger charge is 2.23. The minimum absolute atomic E-state index is 0.0114. The highest BCUT2D eigenvalue weighted by molar-refractivity contribution is 5.70. The number of ether oxygens (including phenoxy) is 2. The summed E-state index contributed by atoms with van der Waals surface area (Å²) in [7, 11) is 1.63. The molecule has 0 radical (unpaired) electrons. The van der Waals surface area contributed by atoms with Crippen LogP contribution in [0.4, 0.5) is 16.3 Å². The number of piperidine rings is 1. The molecule has 1 amide bonds. The van der Waals surface area contributed by atoms with E-state index in [0.717, 1.165) is 22.8 Å². The number of nitrogens with one attached hydrogen (secondary N) is 1. The van der Waals surface area contributed by atoms with Crippen LogP contribution in [0.25, 0.3) is 11.3 Å². The second kappa shape index (κ2) is 9.38. The fourth-order valence-electron chi connectivity index (χ4n) is 3.64. The third-order valence-corrected chi connectivity index (χ3v) is 5.26. The number of anilines is 2. The van der Waals surface area contributed by atoms with Gasteiger partial charge in [-0.25, -0.2) is 9.78 Å². The van der Waals surface area contributed by atoms with Gasteiger partial charge in [-0.3, -0.25) is 0 Å². The van der Waals surface area contributed by atoms with Crippen LogP contribution in [0.3, 0.4) is 0 Å². The molecule has 2 heterocycles. The van der Waals surface area contributed by atoms with Gasteiger partial charge < -0.3 is 24.8 Å². The van der Waals surface area contributed by atoms with Crippen molar-refractivity contribution in [2.45, 2.75) is 18.9 Å². The zero-order valence-corrected chi connectivity index (χ0v) is 17.3. The van der Waals surface area contributed by atoms with Crippen LogP contribution < -0.4 is 14.8 Å². The Labute approximate surface area is 181 Å². The molecule has 1 aromatic heterocycles. The molecule has 2 N–H and O–H groups in total. The molecule has 1 fully saturated rings. The van der Waals surface area contributed by atoms with Gasteiger partial charge in [-0.1, -0.05) is 24.3 Å². The normalized spacial score (nSPS) is 14.2. The maximum atomic E-state index is 11.1. The van der Waals surface area contributed by atoms with E-state index >= 15 is 0 Å². The number of hydrogen-bond acceptors (Lipinski definition) is 5. The lowest BCUT2D eigenvalue weighted by Gasteiger charge is -2.30. The van der Waals surface area contributed by atoms with Crippen LogP contribution in [0.15, 0.2) is 66.7 Å². The molecule has 31 heavy (non-hydrogen) atoms. The van der Waals surface area contributed by atoms with E-state index in [2.05, 4.69) is 5.32 Å². The van der Waals surface area contributed by atoms with Gasteiger partial charge in [0.05, 0.1) is 12.8 Å². The summed E-state index contributed by atoms with van der Waals surface area (Å²) >= 11 is 0. The SMILES string of the molecule is COc1cc(OC2CCN(C(=O)O)CC2)ccc1-c1cccc(Nc2ccccc2)n1. The van der Waals surface area contributed by atoms with Gasteiger partial charge in [0.1, 0.15) is 23.4 Å². The van der Waals surface area contributed by atoms with Crippen LogP contribution in [-0.2, 0) is 0 Å². The summed E-state index contributed by atoms with van der Waals surface area (Å²) in [5, 5.41) is 12.4. The van der Waals surface area contributed by atoms with Crippen molar-refractivity contribution in [2.75, 3.05) is 25.5 Å². The van der Waals surface area contributed by atoms with Gasteiger partial charge in [0.25, 0.3) is 0 Å². The maximum absolute atomic E-state index is 11.1. The Kier molecular flexibility index (Phi) is 6.21. The van der Waals surface area contributed by atoms with Crippen molar-refractivity contribution >= 4 is 17.6 Å². The van der Waals surface area contributed by atoms with Gasteiger partial charge in [-0.15, -0.1) is 0 Å². The molecule has 1 aliphatic rings. The summed E-state index contributed by atoms with van der Waals surface area (Å²) in [5.41, 5.74) is 2.63. The fraction of sp³-hybridized carbons (Fsp3) is 0.250. The third kappa shape index (κ3) is 5.06. The van der Waals surface area contributed by atoms with E-state index in [1.807, 2.05) is 66.7 Å². The zero-order chi connectivity index (χ0) is 21.6. The number of benzene rings is 2. The number of nitrogens with zero attached hydrogens (tertiary/aromatic N) is 2. The van der Waals surface area contributed by atoms with E-state index in [9.17, 15) is 4.79 Å². The molecular weight excluding hydrogens is 394 g/mol. The number of carboxylic acid groups (broad SMARTS) is 1. The standard InChI is InChI=1S/C24H25N3O4/c1-30-22-16-19(31-18-12-14-27(15-13-18)24(28)29)10-11-20(22)21-8-5-9-23(26-21)25-17-6-3-2-4-7-17/h2-11,16,18H,12-15H2,1H3,(H,25,26)(H,28,29). The average Bonchev–Trinajstić information content (AvgIpc) is 2.80. The minimum Gasteiger partial charge on any atom is -0.496 e. The fourth-order valence-corrected chi connectivity index (χ4v) is 3.64. The summed E-state index contributed by atoms with van der Waals surface area (Å²) in [4.78, 5) is 17.2. The number of carbonyl (C=O) groups is 1. The van der Waals surface area contributed by atoms with Gasteiger partial charge in [0.15, 0.2) is 0 Å². The molecule has 0 atom stereocenters. The molecule has 7 nitrogen and oxygen atoms in total. The second-order valence-electron chi connectivity index (χ2n) is 7.35. The molecule has 2 aromatic carbocycles. The van der Waals surface area contributed by atoms with Gasteiger partial charge >= 0.3 is 6.09 Å². The van der Waals surface area contributed by atoms with Gasteiger partial charge in [-0.05, 0) is 36.4 Å². The zero-order valence-electron chi connectivity index (χ0n) is 17.3. The van der Waals surface area contributed by atoms with Crippen molar-refractivity contribution in [3.05, 3.63) is 66.7 Å². The number of aromatic nitrogens is 1. The summed E-state index contributed by atoms with van der Waals surface area (Å²) in [6, 6.07) is 21.4. The number of para-hydroxylation sites is 1. The van der Waals surface area contributed by atoms with Crippen LogP contribution in [0.1, 0.15) is 12.8 Å². The number of amides is 1. The largest absolute Gasteiger partial charge is 0.496 e. The molecular formula is C24H25N3O4. The quantitative estimate of drug-likeness (QED) is 0.584. The Bertz CT molecular complexity index is 1030. The first kappa shape index (κ1) is 20.5. The second-order valence-corrected chi connectivity index (χ2v) is 7.35. The number of pyridine rings is 1. The maximum Gasteiger partial charge on any atom is 0.407 e. The van der Waals surface area contributed by atoms with E-state index in [0.29, 0.717) is 37.4 Å². The monoisotopic (exact) mass is 419 g/mol. The molecule has 3 aromatic rings. The van der Waals surface area contributed by atoms with Crippen molar-refractivity contribution < 1.29 is 19.4 Å². The van der Waals surface area contributed by atoms with Crippen molar-refractivity contribution in [1.82, 2.24) is 9.88 Å². The van der Waals surface area contributed by atoms with E-state index in [1.165, 1.54) is 4.90 Å². The van der Waals surface area contributed by atoms with Gasteiger partial charge in [0, 0.05) is 43.2 Å². The molecule has 1 saturated heterocycles. The Morgan fingerprint density at radius 3 is 2.55 bits per heavy atom. The Hall–Kier alpha value is -3.74. The topological polar surface area (TPSA) is 83.9 Å². The molecule has 0 saturated carbocycles. The first-order valence-corrected chi connectivity index (χ1v) is 10.2. The van der Waals surface area contributed by atoms with Crippen molar-refractivity contribution in [1.29, 1.82) is 0 Å². The first-order valence-electron chi connectivity index (χ1n) is 10.2. The molecule has 0 aliphatic carbocycles. The van der Waals surface area contributed by atoms with Crippen molar-refractivity contribution in [2.24, 2.45) is 0 Å². The number of likely N-dealkylation sites (tertiary alicyclic amines) is 1. The molecule has 160 valence electrons. The number of rotatable bonds is 6. The number of methoxy groups -OCH3 is 1. The van der Waals surface area contributed by atoms with Crippen LogP contribution in [-0.4, -0.2) is 47.4 Å². The molecule has 4 rings (SSSR count). The summed E-state index contributed by atoms with van der Waals surface area (Å²) < 4.78 is 11.7. The Morgan fingerprint density at radius 2 is 1.84 bits per heavy atom. The predicted octanol–water partition coefficient (Wildman–Crippen LogP) is 5.02. The molecule has 0 bridgehead atoms. The van der Waals surface area contributed by atoms with Crippen LogP contribution in [0.2, 0.25) is 0 Å². The summed E-state index contributed by atoms with van der Waals surface area (Å²) in [5.74, 6) is 2.12. The molecule has 1 aliphatic heterocycles. The van der Waals surface area contributed by atoms with Crippen LogP contribution in [0, 0.1) is 0 Å². The van der Waals surface area contributed by atoms with Crippen molar-refractivity contribution in [3.63, 3.8) is 0 Å². The van der Waals surface area contributed by atoms with E-state index in [4.69, 9.17) is 19.6 Å². The highest BCUT2D eigenvalue weighted by atomic mass is 16.5. The lowest BCUT2D eigenvalue weighted by molar-refractivity contribution is 0.0894. The minimum atomic E-state index is -0.874. The number of hydrogen-bond donors (Lipinski definition) is 2. The van der Waals surface area contributed by atoms with E-state index in [-0.39, 0.29) is 6.10 Å². The molecule has 7 heteroatoms. The lowest BCUT2D eigenvalue weighted by Crippen LogP contribution is -2.41. The van der Waals surface area contributed by atoms with Gasteiger partial charge in [-0.2, -0.15) is 0 Å². The lowest BCUT2D eigenvalue weighted by atomic mass is 10.1. The van der Waals surface area contributed by atoms with E-state index < -0.39 is 6.09 Å². The predicted molar refractivity (Wildman–Crippen MR) is 119 cm³/mol. The highest BCUT2D eigenvalue weighted by Crippen LogP contribution is 2.34. The summed E-state index contributed by atoms with van der Waals surface area (Å²) in [6.45, 7) is 0.973. The van der Waals surface area contributed by atoms with Gasteiger partial charge in [0.2, 0.25) is 0 Å². The smallest absolute Gasteiger partial charge is 0.407 e. The Balaban J connectivity index is 1.48. The first-order chi connectivity index (χ1) is 15.1. The molecule has 0 spiro atoms.